The fourth-order valence-electron chi connectivity index (χ4n) is 2.56. The summed E-state index contributed by atoms with van der Waals surface area (Å²) >= 11 is 0. The van der Waals surface area contributed by atoms with Crippen LogP contribution in [0.5, 0.6) is 5.75 Å². The van der Waals surface area contributed by atoms with Crippen molar-refractivity contribution < 1.29 is 19.0 Å². The minimum absolute atomic E-state index is 0.338. The smallest absolute Gasteiger partial charge is 0.251 e. The highest BCUT2D eigenvalue weighted by Gasteiger charge is 2.39. The third-order valence-electron chi connectivity index (χ3n) is 3.96. The number of benzene rings is 2. The summed E-state index contributed by atoms with van der Waals surface area (Å²) in [6.07, 6.45) is -1.62. The van der Waals surface area contributed by atoms with Crippen molar-refractivity contribution in [2.75, 3.05) is 7.11 Å². The Kier molecular flexibility index (Phi) is 4.30. The van der Waals surface area contributed by atoms with E-state index in [4.69, 9.17) is 4.74 Å². The van der Waals surface area contributed by atoms with Crippen molar-refractivity contribution >= 4 is 5.91 Å². The van der Waals surface area contributed by atoms with Gasteiger partial charge in [0.2, 0.25) is 0 Å². The van der Waals surface area contributed by atoms with Gasteiger partial charge in [0.05, 0.1) is 13.2 Å². The van der Waals surface area contributed by atoms with Crippen LogP contribution in [-0.2, 0) is 0 Å². The number of hydrogen-bond acceptors (Lipinski definition) is 3. The predicted molar refractivity (Wildman–Crippen MR) is 84.3 cm³/mol. The highest BCUT2D eigenvalue weighted by Crippen LogP contribution is 2.32. The average Bonchev–Trinajstić information content (AvgIpc) is 3.28. The largest absolute Gasteiger partial charge is 0.496 e. The molecule has 0 aliphatic heterocycles. The van der Waals surface area contributed by atoms with Gasteiger partial charge in [-0.15, -0.1) is 0 Å². The van der Waals surface area contributed by atoms with E-state index >= 15 is 0 Å². The van der Waals surface area contributed by atoms with Crippen LogP contribution in [0, 0.1) is 0 Å². The highest BCUT2D eigenvalue weighted by atomic mass is 19.1. The summed E-state index contributed by atoms with van der Waals surface area (Å²) < 4.78 is 18.3. The van der Waals surface area contributed by atoms with Gasteiger partial charge in [-0.25, -0.2) is 4.39 Å². The zero-order valence-electron chi connectivity index (χ0n) is 12.7. The Bertz CT molecular complexity index is 719. The number of carbonyl (C=O) groups excluding carboxylic acids is 1. The van der Waals surface area contributed by atoms with Crippen LogP contribution < -0.4 is 10.1 Å². The van der Waals surface area contributed by atoms with E-state index in [1.807, 2.05) is 6.07 Å². The lowest BCUT2D eigenvalue weighted by molar-refractivity contribution is 0.0942. The van der Waals surface area contributed by atoms with Crippen LogP contribution in [0.3, 0.4) is 0 Å². The van der Waals surface area contributed by atoms with Crippen molar-refractivity contribution in [3.8, 4) is 5.75 Å². The van der Waals surface area contributed by atoms with Gasteiger partial charge < -0.3 is 15.2 Å². The van der Waals surface area contributed by atoms with Crippen LogP contribution in [0.25, 0.3) is 0 Å². The molecule has 0 bridgehead atoms. The summed E-state index contributed by atoms with van der Waals surface area (Å²) in [5.41, 5.74) is 1.38. The number of ether oxygens (including phenoxy) is 1. The number of aliphatic hydroxyl groups excluding tert-OH is 1. The number of nitrogens with one attached hydrogen (secondary N) is 1. The number of hydrogen-bond donors (Lipinski definition) is 2. The Morgan fingerprint density at radius 1 is 1.22 bits per heavy atom. The Morgan fingerprint density at radius 2 is 1.83 bits per heavy atom. The third-order valence-corrected chi connectivity index (χ3v) is 3.96. The van der Waals surface area contributed by atoms with Gasteiger partial charge in [0.25, 0.3) is 5.91 Å². The Hall–Kier alpha value is -2.40. The van der Waals surface area contributed by atoms with E-state index in [0.29, 0.717) is 28.9 Å². The zero-order valence-corrected chi connectivity index (χ0v) is 12.7. The molecule has 1 aliphatic rings. The lowest BCUT2D eigenvalue weighted by Crippen LogP contribution is -2.28. The summed E-state index contributed by atoms with van der Waals surface area (Å²) in [5, 5.41) is 13.3. The van der Waals surface area contributed by atoms with Gasteiger partial charge in [-0.2, -0.15) is 0 Å². The lowest BCUT2D eigenvalue weighted by Gasteiger charge is -2.18. The van der Waals surface area contributed by atoms with Gasteiger partial charge in [0.1, 0.15) is 18.0 Å². The van der Waals surface area contributed by atoms with Crippen molar-refractivity contribution in [1.82, 2.24) is 5.32 Å². The van der Waals surface area contributed by atoms with E-state index in [1.165, 1.54) is 7.11 Å². The topological polar surface area (TPSA) is 58.6 Å². The second-order valence-corrected chi connectivity index (χ2v) is 5.56. The quantitative estimate of drug-likeness (QED) is 0.892. The van der Waals surface area contributed by atoms with E-state index in [2.05, 4.69) is 5.32 Å². The Morgan fingerprint density at radius 3 is 2.48 bits per heavy atom. The number of carbonyl (C=O) groups is 1. The highest BCUT2D eigenvalue weighted by molar-refractivity contribution is 5.96. The molecule has 120 valence electrons. The first-order chi connectivity index (χ1) is 11.1. The monoisotopic (exact) mass is 315 g/mol. The molecule has 5 heteroatoms. The normalized spacial score (nSPS) is 20.7. The van der Waals surface area contributed by atoms with Crippen LogP contribution in [0.4, 0.5) is 4.39 Å². The number of para-hydroxylation sites is 1. The maximum Gasteiger partial charge on any atom is 0.251 e. The molecule has 0 radical (unpaired) electrons. The summed E-state index contributed by atoms with van der Waals surface area (Å²) in [6.45, 7) is 0. The molecule has 0 heterocycles. The standard InChI is InChI=1S/C18H18FNO3/c1-23-16-9-5-4-8-13(16)17(21)11-6-2-3-7-12(11)18(22)20-15-10-14(15)19/h2-9,14-15,17,21H,10H2,1H3,(H,20,22)/t14-,15+,17?/m0/s1. The van der Waals surface area contributed by atoms with Crippen LogP contribution in [0.2, 0.25) is 0 Å². The first-order valence-corrected chi connectivity index (χ1v) is 7.46. The van der Waals surface area contributed by atoms with Crippen LogP contribution in [0.1, 0.15) is 34.0 Å². The van der Waals surface area contributed by atoms with Gasteiger partial charge in [0, 0.05) is 17.5 Å². The zero-order chi connectivity index (χ0) is 16.4. The van der Waals surface area contributed by atoms with Crippen molar-refractivity contribution in [2.45, 2.75) is 24.7 Å². The molecule has 1 aliphatic carbocycles. The van der Waals surface area contributed by atoms with Gasteiger partial charge in [-0.1, -0.05) is 36.4 Å². The molecule has 1 amide bonds. The molecule has 2 aromatic rings. The number of halogens is 1. The Balaban J connectivity index is 1.91. The van der Waals surface area contributed by atoms with Crippen molar-refractivity contribution in [3.63, 3.8) is 0 Å². The number of methoxy groups -OCH3 is 1. The summed E-state index contributed by atoms with van der Waals surface area (Å²) in [6, 6.07) is 13.5. The Labute approximate surface area is 133 Å². The van der Waals surface area contributed by atoms with Crippen molar-refractivity contribution in [3.05, 3.63) is 65.2 Å². The molecule has 23 heavy (non-hydrogen) atoms. The van der Waals surface area contributed by atoms with E-state index < -0.39 is 18.3 Å². The molecule has 4 nitrogen and oxygen atoms in total. The molecule has 1 saturated carbocycles. The number of alkyl halides is 1. The van der Waals surface area contributed by atoms with Crippen LogP contribution in [-0.4, -0.2) is 30.3 Å². The maximum absolute atomic E-state index is 13.0. The molecular formula is C18H18FNO3. The van der Waals surface area contributed by atoms with Gasteiger partial charge >= 0.3 is 0 Å². The first-order valence-electron chi connectivity index (χ1n) is 7.46. The van der Waals surface area contributed by atoms with Crippen LogP contribution in [0.15, 0.2) is 48.5 Å². The predicted octanol–water partition coefficient (Wildman–Crippen LogP) is 2.62. The minimum Gasteiger partial charge on any atom is -0.496 e. The van der Waals surface area contributed by atoms with Crippen molar-refractivity contribution in [1.29, 1.82) is 0 Å². The maximum atomic E-state index is 13.0. The fraction of sp³-hybridized carbons (Fsp3) is 0.278. The van der Waals surface area contributed by atoms with E-state index in [0.717, 1.165) is 0 Å². The van der Waals surface area contributed by atoms with Gasteiger partial charge in [0.15, 0.2) is 0 Å². The first kappa shape index (κ1) is 15.5. The van der Waals surface area contributed by atoms with E-state index in [1.54, 1.807) is 42.5 Å². The third kappa shape index (κ3) is 3.19. The molecule has 2 aromatic carbocycles. The second-order valence-electron chi connectivity index (χ2n) is 5.56. The van der Waals surface area contributed by atoms with Crippen LogP contribution >= 0.6 is 0 Å². The fourth-order valence-corrected chi connectivity index (χ4v) is 2.56. The molecule has 0 aromatic heterocycles. The molecule has 1 unspecified atom stereocenters. The number of rotatable bonds is 5. The molecule has 3 rings (SSSR count). The minimum atomic E-state index is -1.01. The molecular weight excluding hydrogens is 297 g/mol. The summed E-state index contributed by atoms with van der Waals surface area (Å²) in [5.74, 6) is 0.168. The summed E-state index contributed by atoms with van der Waals surface area (Å²) in [4.78, 5) is 12.3. The van der Waals surface area contributed by atoms with Gasteiger partial charge in [-0.05, 0) is 17.7 Å². The average molecular weight is 315 g/mol. The molecule has 2 N–H and O–H groups in total. The number of aliphatic hydroxyl groups is 1. The van der Waals surface area contributed by atoms with Crippen molar-refractivity contribution in [2.24, 2.45) is 0 Å². The van der Waals surface area contributed by atoms with Gasteiger partial charge in [-0.3, -0.25) is 4.79 Å². The molecule has 3 atom stereocenters. The van der Waals surface area contributed by atoms with E-state index in [9.17, 15) is 14.3 Å². The SMILES string of the molecule is COc1ccccc1C(O)c1ccccc1C(=O)N[C@@H]1C[C@@H]1F. The molecule has 0 saturated heterocycles. The molecule has 1 fully saturated rings. The second kappa shape index (κ2) is 6.38. The molecule has 0 spiro atoms. The number of amides is 1. The lowest BCUT2D eigenvalue weighted by atomic mass is 9.95. The van der Waals surface area contributed by atoms with E-state index in [-0.39, 0.29) is 5.91 Å². The summed E-state index contributed by atoms with van der Waals surface area (Å²) in [7, 11) is 1.53.